The van der Waals surface area contributed by atoms with Crippen LogP contribution in [0.1, 0.15) is 71.0 Å². The number of aryl methyl sites for hydroxylation is 1. The molecule has 2 aliphatic heterocycles. The number of hydrogen-bond acceptors (Lipinski definition) is 6. The third-order valence-corrected chi connectivity index (χ3v) is 9.80. The first kappa shape index (κ1) is 30.7. The van der Waals surface area contributed by atoms with Gasteiger partial charge in [0, 0.05) is 63.5 Å². The van der Waals surface area contributed by atoms with Crippen molar-refractivity contribution in [3.8, 4) is 0 Å². The summed E-state index contributed by atoms with van der Waals surface area (Å²) in [7, 11) is 5.69. The van der Waals surface area contributed by atoms with Crippen LogP contribution in [0.15, 0.2) is 42.7 Å². The summed E-state index contributed by atoms with van der Waals surface area (Å²) >= 11 is 0. The second-order valence-corrected chi connectivity index (χ2v) is 13.1. The first-order chi connectivity index (χ1) is 20.9. The van der Waals surface area contributed by atoms with Crippen LogP contribution < -0.4 is 4.90 Å². The number of nitrogens with zero attached hydrogens (tertiary/aromatic N) is 6. The quantitative estimate of drug-likeness (QED) is 0.344. The van der Waals surface area contributed by atoms with Gasteiger partial charge in [0.15, 0.2) is 0 Å². The van der Waals surface area contributed by atoms with Gasteiger partial charge >= 0.3 is 6.18 Å². The number of fused-ring (bicyclic) bond motifs is 1. The number of alkyl halides is 3. The van der Waals surface area contributed by atoms with Crippen molar-refractivity contribution in [2.45, 2.75) is 64.0 Å². The Balaban J connectivity index is 1.32. The van der Waals surface area contributed by atoms with Crippen molar-refractivity contribution in [3.05, 3.63) is 76.4 Å². The Kier molecular flexibility index (Phi) is 8.32. The summed E-state index contributed by atoms with van der Waals surface area (Å²) in [4.78, 5) is 19.9. The monoisotopic (exact) mass is 610 g/mol. The minimum Gasteiger partial charge on any atom is -0.381 e. The number of likely N-dealkylation sites (N-methyl/N-ethyl adjacent to an activating group) is 1. The number of ether oxygens (including phenoxy) is 1. The molecule has 1 aliphatic carbocycles. The van der Waals surface area contributed by atoms with E-state index in [2.05, 4.69) is 40.9 Å². The smallest absolute Gasteiger partial charge is 0.381 e. The summed E-state index contributed by atoms with van der Waals surface area (Å²) in [6.07, 6.45) is -0.980. The highest BCUT2D eigenvalue weighted by molar-refractivity contribution is 6.10. The van der Waals surface area contributed by atoms with Crippen molar-refractivity contribution in [1.29, 1.82) is 0 Å². The van der Waals surface area contributed by atoms with Crippen molar-refractivity contribution in [2.75, 3.05) is 38.7 Å². The molecule has 1 saturated heterocycles. The molecule has 2 fully saturated rings. The normalized spacial score (nSPS) is 23.7. The SMILES string of the molecule is COC1CC([C@@H](c2cccc(N3Cc4c(cc(CN5CCN(C)CC5C(C)C)cc4C(F)(F)F)C3=O)c2)c2nncn2C)C1. The van der Waals surface area contributed by atoms with E-state index in [1.807, 2.05) is 29.8 Å². The Hall–Kier alpha value is -3.28. The minimum absolute atomic E-state index is 0.0437. The summed E-state index contributed by atoms with van der Waals surface area (Å²) < 4.78 is 50.9. The number of carbonyl (C=O) groups excluding carboxylic acids is 1. The van der Waals surface area contributed by atoms with E-state index in [4.69, 9.17) is 4.74 Å². The Morgan fingerprint density at radius 3 is 2.52 bits per heavy atom. The first-order valence-corrected chi connectivity index (χ1v) is 15.4. The molecule has 2 atom stereocenters. The van der Waals surface area contributed by atoms with Crippen LogP contribution in [0.5, 0.6) is 0 Å². The molecule has 236 valence electrons. The lowest BCUT2D eigenvalue weighted by molar-refractivity contribution is -0.138. The molecule has 0 radical (unpaired) electrons. The average Bonchev–Trinajstić information content (AvgIpc) is 3.53. The van der Waals surface area contributed by atoms with Crippen LogP contribution in [0.25, 0.3) is 0 Å². The van der Waals surface area contributed by atoms with E-state index in [1.165, 1.54) is 11.0 Å². The molecule has 11 heteroatoms. The molecule has 44 heavy (non-hydrogen) atoms. The predicted molar refractivity (Wildman–Crippen MR) is 161 cm³/mol. The molecule has 1 unspecified atom stereocenters. The second kappa shape index (κ2) is 11.9. The zero-order valence-corrected chi connectivity index (χ0v) is 26.0. The summed E-state index contributed by atoms with van der Waals surface area (Å²) in [5, 5.41) is 8.49. The van der Waals surface area contributed by atoms with E-state index in [0.717, 1.165) is 43.9 Å². The molecule has 0 bridgehead atoms. The van der Waals surface area contributed by atoms with Gasteiger partial charge in [-0.05, 0) is 72.7 Å². The number of halogens is 3. The Morgan fingerprint density at radius 1 is 1.09 bits per heavy atom. The third kappa shape index (κ3) is 5.77. The first-order valence-electron chi connectivity index (χ1n) is 15.4. The molecule has 1 amide bonds. The molecule has 8 nitrogen and oxygen atoms in total. The summed E-state index contributed by atoms with van der Waals surface area (Å²) in [6, 6.07) is 10.8. The number of methoxy groups -OCH3 is 1. The van der Waals surface area contributed by atoms with Gasteiger partial charge in [0.2, 0.25) is 0 Å². The Labute approximate surface area is 256 Å². The van der Waals surface area contributed by atoms with E-state index in [9.17, 15) is 18.0 Å². The van der Waals surface area contributed by atoms with E-state index >= 15 is 0 Å². The van der Waals surface area contributed by atoms with E-state index < -0.39 is 17.6 Å². The molecule has 1 saturated carbocycles. The highest BCUT2D eigenvalue weighted by Crippen LogP contribution is 2.45. The lowest BCUT2D eigenvalue weighted by Crippen LogP contribution is -2.53. The van der Waals surface area contributed by atoms with Gasteiger partial charge in [-0.2, -0.15) is 13.2 Å². The van der Waals surface area contributed by atoms with Gasteiger partial charge < -0.3 is 19.1 Å². The number of aromatic nitrogens is 3. The maximum absolute atomic E-state index is 14.5. The molecule has 1 aromatic heterocycles. The van der Waals surface area contributed by atoms with Gasteiger partial charge in [0.05, 0.1) is 18.2 Å². The number of benzene rings is 2. The third-order valence-electron chi connectivity index (χ3n) is 9.80. The molecular formula is C33H41F3N6O2. The van der Waals surface area contributed by atoms with Crippen LogP contribution in [-0.2, 0) is 31.1 Å². The lowest BCUT2D eigenvalue weighted by atomic mass is 9.70. The fraction of sp³-hybridized carbons (Fsp3) is 0.545. The predicted octanol–water partition coefficient (Wildman–Crippen LogP) is 5.32. The van der Waals surface area contributed by atoms with Gasteiger partial charge in [-0.3, -0.25) is 9.69 Å². The zero-order valence-electron chi connectivity index (χ0n) is 26.0. The zero-order chi connectivity index (χ0) is 31.3. The van der Waals surface area contributed by atoms with E-state index in [0.29, 0.717) is 23.7 Å². The summed E-state index contributed by atoms with van der Waals surface area (Å²) in [6.45, 7) is 7.02. The topological polar surface area (TPSA) is 66.7 Å². The van der Waals surface area contributed by atoms with Gasteiger partial charge in [-0.25, -0.2) is 0 Å². The van der Waals surface area contributed by atoms with Crippen LogP contribution >= 0.6 is 0 Å². The van der Waals surface area contributed by atoms with Crippen LogP contribution in [0.3, 0.4) is 0 Å². The molecule has 3 aliphatic rings. The fourth-order valence-corrected chi connectivity index (χ4v) is 7.24. The summed E-state index contributed by atoms with van der Waals surface area (Å²) in [5.41, 5.74) is 1.52. The maximum Gasteiger partial charge on any atom is 0.416 e. The largest absolute Gasteiger partial charge is 0.416 e. The number of carbonyl (C=O) groups is 1. The number of anilines is 1. The average molecular weight is 611 g/mol. The van der Waals surface area contributed by atoms with E-state index in [1.54, 1.807) is 25.6 Å². The molecule has 0 spiro atoms. The van der Waals surface area contributed by atoms with Crippen molar-refractivity contribution in [3.63, 3.8) is 0 Å². The van der Waals surface area contributed by atoms with Crippen LogP contribution in [0, 0.1) is 11.8 Å². The number of amides is 1. The molecule has 2 aromatic carbocycles. The molecule has 0 N–H and O–H groups in total. The van der Waals surface area contributed by atoms with Crippen molar-refractivity contribution in [2.24, 2.45) is 18.9 Å². The highest BCUT2D eigenvalue weighted by Gasteiger charge is 2.42. The Morgan fingerprint density at radius 2 is 1.86 bits per heavy atom. The molecule has 3 heterocycles. The van der Waals surface area contributed by atoms with Gasteiger partial charge in [0.1, 0.15) is 12.2 Å². The lowest BCUT2D eigenvalue weighted by Gasteiger charge is -2.42. The molecular weight excluding hydrogens is 569 g/mol. The van der Waals surface area contributed by atoms with Crippen LogP contribution in [0.4, 0.5) is 18.9 Å². The summed E-state index contributed by atoms with van der Waals surface area (Å²) in [5.74, 6) is 0.952. The number of piperazine rings is 1. The second-order valence-electron chi connectivity index (χ2n) is 13.1. The fourth-order valence-electron chi connectivity index (χ4n) is 7.24. The van der Waals surface area contributed by atoms with Crippen molar-refractivity contribution < 1.29 is 22.7 Å². The van der Waals surface area contributed by atoms with Gasteiger partial charge in [0.25, 0.3) is 5.91 Å². The van der Waals surface area contributed by atoms with Crippen LogP contribution in [0.2, 0.25) is 0 Å². The number of hydrogen-bond donors (Lipinski definition) is 0. The van der Waals surface area contributed by atoms with Gasteiger partial charge in [-0.1, -0.05) is 26.0 Å². The van der Waals surface area contributed by atoms with Crippen molar-refractivity contribution in [1.82, 2.24) is 24.6 Å². The van der Waals surface area contributed by atoms with Crippen molar-refractivity contribution >= 4 is 11.6 Å². The Bertz CT molecular complexity index is 1520. The molecule has 6 rings (SSSR count). The number of rotatable bonds is 8. The van der Waals surface area contributed by atoms with Gasteiger partial charge in [-0.15, -0.1) is 10.2 Å². The molecule has 3 aromatic rings. The standard InChI is InChI=1S/C33H41F3N6O2/c1-20(2)29-18-39(3)9-10-41(29)16-21-11-26-27(28(12-21)33(34,35)36)17-42(32(26)43)24-8-6-7-22(13-24)30(23-14-25(15-23)44-5)31-38-37-19-40(31)4/h6-8,11-13,19-20,23,25,29-30H,9-10,14-18H2,1-5H3/t23?,25?,29?,30-/m1/s1. The maximum atomic E-state index is 14.5. The van der Waals surface area contributed by atoms with E-state index in [-0.39, 0.29) is 41.7 Å². The van der Waals surface area contributed by atoms with Crippen LogP contribution in [-0.4, -0.2) is 76.4 Å². The highest BCUT2D eigenvalue weighted by atomic mass is 19.4. The minimum atomic E-state index is -4.57.